The van der Waals surface area contributed by atoms with Crippen molar-refractivity contribution >= 4 is 11.6 Å². The number of hydrogen-bond donors (Lipinski definition) is 1. The Morgan fingerprint density at radius 2 is 2.40 bits per heavy atom. The molecule has 0 saturated heterocycles. The second-order valence-electron chi connectivity index (χ2n) is 4.09. The summed E-state index contributed by atoms with van der Waals surface area (Å²) in [6, 6.07) is 5.00. The van der Waals surface area contributed by atoms with E-state index in [1.165, 1.54) is 0 Å². The normalized spacial score (nSPS) is 29.5. The predicted molar refractivity (Wildman–Crippen MR) is 56.0 cm³/mol. The van der Waals surface area contributed by atoms with Gasteiger partial charge in [0.2, 0.25) is 0 Å². The van der Waals surface area contributed by atoms with E-state index in [0.717, 1.165) is 0 Å². The first kappa shape index (κ1) is 10.7. The highest BCUT2D eigenvalue weighted by molar-refractivity contribution is 6.30. The molecule has 0 bridgehead atoms. The molecule has 0 amide bonds. The van der Waals surface area contributed by atoms with E-state index in [2.05, 4.69) is 0 Å². The van der Waals surface area contributed by atoms with E-state index < -0.39 is 18.4 Å². The van der Waals surface area contributed by atoms with Crippen LogP contribution in [0.4, 0.5) is 4.39 Å². The molecule has 0 unspecified atom stereocenters. The fourth-order valence-electron chi connectivity index (χ4n) is 1.78. The van der Waals surface area contributed by atoms with Gasteiger partial charge in [0.1, 0.15) is 18.0 Å². The van der Waals surface area contributed by atoms with E-state index in [4.69, 9.17) is 16.3 Å². The van der Waals surface area contributed by atoms with E-state index in [-0.39, 0.29) is 6.42 Å². The predicted octanol–water partition coefficient (Wildman–Crippen LogP) is 2.88. The van der Waals surface area contributed by atoms with Gasteiger partial charge in [0.25, 0.3) is 0 Å². The maximum Gasteiger partial charge on any atom is 0.137 e. The molecule has 4 heteroatoms. The molecular formula is C11H12ClFO2. The van der Waals surface area contributed by atoms with Crippen LogP contribution in [0.25, 0.3) is 0 Å². The Morgan fingerprint density at radius 3 is 3.07 bits per heavy atom. The molecule has 0 aliphatic carbocycles. The fraction of sp³-hybridized carbons (Fsp3) is 0.455. The van der Waals surface area contributed by atoms with Crippen molar-refractivity contribution in [3.63, 3.8) is 0 Å². The molecule has 1 aromatic carbocycles. The molecule has 2 atom stereocenters. The van der Waals surface area contributed by atoms with Gasteiger partial charge >= 0.3 is 0 Å². The lowest BCUT2D eigenvalue weighted by atomic mass is 9.91. The largest absolute Gasteiger partial charge is 0.484 e. The lowest BCUT2D eigenvalue weighted by Gasteiger charge is -2.36. The van der Waals surface area contributed by atoms with Crippen molar-refractivity contribution < 1.29 is 14.2 Å². The summed E-state index contributed by atoms with van der Waals surface area (Å²) in [5.41, 5.74) is -0.276. The number of ether oxygens (including phenoxy) is 1. The smallest absolute Gasteiger partial charge is 0.137 e. The average Bonchev–Trinajstić information content (AvgIpc) is 2.16. The summed E-state index contributed by atoms with van der Waals surface area (Å²) in [6.45, 7) is 1.01. The van der Waals surface area contributed by atoms with Crippen molar-refractivity contribution in [1.82, 2.24) is 0 Å². The third-order valence-corrected chi connectivity index (χ3v) is 2.83. The minimum Gasteiger partial charge on any atom is -0.484 e. The van der Waals surface area contributed by atoms with Crippen LogP contribution in [0.2, 0.25) is 5.02 Å². The van der Waals surface area contributed by atoms with E-state index in [9.17, 15) is 9.50 Å². The summed E-state index contributed by atoms with van der Waals surface area (Å²) in [5.74, 6) is 0.474. The Bertz CT molecular complexity index is 383. The van der Waals surface area contributed by atoms with Crippen molar-refractivity contribution in [3.05, 3.63) is 28.8 Å². The zero-order chi connectivity index (χ0) is 11.1. The van der Waals surface area contributed by atoms with Crippen LogP contribution in [0.5, 0.6) is 5.75 Å². The molecule has 0 radical (unpaired) electrons. The minimum absolute atomic E-state index is 0.262. The van der Waals surface area contributed by atoms with Gasteiger partial charge in [0, 0.05) is 17.0 Å². The van der Waals surface area contributed by atoms with Gasteiger partial charge in [0.05, 0.1) is 6.10 Å². The third kappa shape index (κ3) is 1.94. The van der Waals surface area contributed by atoms with E-state index in [0.29, 0.717) is 16.3 Å². The zero-order valence-corrected chi connectivity index (χ0v) is 9.09. The van der Waals surface area contributed by atoms with Crippen LogP contribution in [0.1, 0.15) is 25.0 Å². The Balaban J connectivity index is 2.41. The van der Waals surface area contributed by atoms with Gasteiger partial charge in [-0.1, -0.05) is 17.7 Å². The fourth-order valence-corrected chi connectivity index (χ4v) is 1.94. The van der Waals surface area contributed by atoms with Crippen molar-refractivity contribution in [2.45, 2.75) is 25.0 Å². The van der Waals surface area contributed by atoms with Crippen molar-refractivity contribution in [3.8, 4) is 5.75 Å². The maximum absolute atomic E-state index is 12.8. The standard InChI is InChI=1S/C11H12ClFO2/c1-11(6-13)5-9(14)8-3-2-7(12)4-10(8)15-11/h2-4,9,14H,5-6H2,1H3/t9-,11+/m0/s1. The van der Waals surface area contributed by atoms with Crippen molar-refractivity contribution in [2.75, 3.05) is 6.67 Å². The van der Waals surface area contributed by atoms with Gasteiger partial charge in [0.15, 0.2) is 0 Å². The molecule has 15 heavy (non-hydrogen) atoms. The lowest BCUT2D eigenvalue weighted by Crippen LogP contribution is -2.40. The van der Waals surface area contributed by atoms with E-state index >= 15 is 0 Å². The number of alkyl halides is 1. The summed E-state index contributed by atoms with van der Waals surface area (Å²) >= 11 is 5.81. The molecule has 1 N–H and O–H groups in total. The quantitative estimate of drug-likeness (QED) is 0.804. The van der Waals surface area contributed by atoms with Gasteiger partial charge in [-0.25, -0.2) is 4.39 Å². The SMILES string of the molecule is C[C@]1(CF)C[C@H](O)c2ccc(Cl)cc2O1. The Morgan fingerprint density at radius 1 is 1.67 bits per heavy atom. The molecule has 1 aliphatic rings. The average molecular weight is 231 g/mol. The van der Waals surface area contributed by atoms with E-state index in [1.807, 2.05) is 0 Å². The number of benzene rings is 1. The molecule has 2 rings (SSSR count). The summed E-state index contributed by atoms with van der Waals surface area (Å²) in [6.07, 6.45) is -0.426. The molecule has 0 fully saturated rings. The molecule has 1 heterocycles. The van der Waals surface area contributed by atoms with Gasteiger partial charge in [-0.2, -0.15) is 0 Å². The maximum atomic E-state index is 12.8. The van der Waals surface area contributed by atoms with Gasteiger partial charge in [-0.05, 0) is 19.1 Å². The first-order valence-electron chi connectivity index (χ1n) is 4.76. The van der Waals surface area contributed by atoms with Crippen LogP contribution in [-0.4, -0.2) is 17.4 Å². The number of rotatable bonds is 1. The number of aliphatic hydroxyl groups is 1. The number of halogens is 2. The Labute approximate surface area is 92.6 Å². The number of hydrogen-bond acceptors (Lipinski definition) is 2. The van der Waals surface area contributed by atoms with Gasteiger partial charge in [-0.3, -0.25) is 0 Å². The summed E-state index contributed by atoms with van der Waals surface area (Å²) in [7, 11) is 0. The molecular weight excluding hydrogens is 219 g/mol. The zero-order valence-electron chi connectivity index (χ0n) is 8.34. The second-order valence-corrected chi connectivity index (χ2v) is 4.52. The van der Waals surface area contributed by atoms with Gasteiger partial charge < -0.3 is 9.84 Å². The molecule has 0 spiro atoms. The summed E-state index contributed by atoms with van der Waals surface area (Å²) < 4.78 is 18.3. The van der Waals surface area contributed by atoms with Crippen LogP contribution in [0.3, 0.4) is 0 Å². The molecule has 1 aliphatic heterocycles. The molecule has 1 aromatic rings. The second kappa shape index (κ2) is 3.65. The van der Waals surface area contributed by atoms with Crippen LogP contribution in [0, 0.1) is 0 Å². The van der Waals surface area contributed by atoms with Gasteiger partial charge in [-0.15, -0.1) is 0 Å². The lowest BCUT2D eigenvalue weighted by molar-refractivity contribution is -0.0167. The molecule has 0 saturated carbocycles. The Hall–Kier alpha value is -0.800. The number of aliphatic hydroxyl groups excluding tert-OH is 1. The van der Waals surface area contributed by atoms with Crippen LogP contribution < -0.4 is 4.74 Å². The van der Waals surface area contributed by atoms with Crippen molar-refractivity contribution in [2.24, 2.45) is 0 Å². The van der Waals surface area contributed by atoms with Crippen molar-refractivity contribution in [1.29, 1.82) is 0 Å². The molecule has 0 aromatic heterocycles. The topological polar surface area (TPSA) is 29.5 Å². The Kier molecular flexibility index (Phi) is 2.61. The van der Waals surface area contributed by atoms with E-state index in [1.54, 1.807) is 25.1 Å². The summed E-state index contributed by atoms with van der Waals surface area (Å²) in [4.78, 5) is 0. The first-order valence-corrected chi connectivity index (χ1v) is 5.14. The van der Waals surface area contributed by atoms with Crippen LogP contribution in [0.15, 0.2) is 18.2 Å². The highest BCUT2D eigenvalue weighted by atomic mass is 35.5. The monoisotopic (exact) mass is 230 g/mol. The highest BCUT2D eigenvalue weighted by Gasteiger charge is 2.36. The van der Waals surface area contributed by atoms with Crippen LogP contribution in [-0.2, 0) is 0 Å². The van der Waals surface area contributed by atoms with Crippen LogP contribution >= 0.6 is 11.6 Å². The third-order valence-electron chi connectivity index (χ3n) is 2.60. The molecule has 2 nitrogen and oxygen atoms in total. The first-order chi connectivity index (χ1) is 7.04. The highest BCUT2D eigenvalue weighted by Crippen LogP contribution is 2.40. The summed E-state index contributed by atoms with van der Waals surface area (Å²) in [5, 5.41) is 10.3. The number of fused-ring (bicyclic) bond motifs is 1. The minimum atomic E-state index is -0.947. The molecule has 82 valence electrons.